The van der Waals surface area contributed by atoms with Crippen LogP contribution in [0, 0.1) is 10.1 Å². The minimum atomic E-state index is -0.417. The number of nitro benzene ring substituents is 1. The van der Waals surface area contributed by atoms with Gasteiger partial charge in [-0.25, -0.2) is 0 Å². The summed E-state index contributed by atoms with van der Waals surface area (Å²) in [7, 11) is 1.60. The number of nitrogens with one attached hydrogen (secondary N) is 1. The van der Waals surface area contributed by atoms with Crippen molar-refractivity contribution in [3.63, 3.8) is 0 Å². The average Bonchev–Trinajstić information content (AvgIpc) is 2.55. The second-order valence-corrected chi connectivity index (χ2v) is 6.29. The van der Waals surface area contributed by atoms with Gasteiger partial charge in [0.2, 0.25) is 0 Å². The highest BCUT2D eigenvalue weighted by atomic mass is 79.9. The third-order valence-electron chi connectivity index (χ3n) is 3.22. The van der Waals surface area contributed by atoms with E-state index in [0.29, 0.717) is 18.0 Å². The summed E-state index contributed by atoms with van der Waals surface area (Å²) >= 11 is 3.51. The Morgan fingerprint density at radius 2 is 1.92 bits per heavy atom. The van der Waals surface area contributed by atoms with Crippen molar-refractivity contribution >= 4 is 27.3 Å². The average molecular weight is 395 g/mol. The summed E-state index contributed by atoms with van der Waals surface area (Å²) in [5.41, 5.74) is 1.87. The van der Waals surface area contributed by atoms with Gasteiger partial charge in [-0.05, 0) is 59.6 Å². The number of anilines is 1. The Morgan fingerprint density at radius 1 is 1.25 bits per heavy atom. The zero-order valence-electron chi connectivity index (χ0n) is 13.7. The summed E-state index contributed by atoms with van der Waals surface area (Å²) in [5.74, 6) is 1.32. The van der Waals surface area contributed by atoms with Gasteiger partial charge in [0.25, 0.3) is 5.69 Å². The summed E-state index contributed by atoms with van der Waals surface area (Å²) in [6.45, 7) is 4.46. The zero-order chi connectivity index (χ0) is 17.7. The number of non-ortho nitro benzene ring substituents is 1. The summed E-state index contributed by atoms with van der Waals surface area (Å²) < 4.78 is 12.0. The summed E-state index contributed by atoms with van der Waals surface area (Å²) in [6.07, 6.45) is 0.0410. The lowest BCUT2D eigenvalue weighted by Crippen LogP contribution is -2.08. The molecule has 7 heteroatoms. The minimum absolute atomic E-state index is 0.0410. The molecule has 24 heavy (non-hydrogen) atoms. The van der Waals surface area contributed by atoms with Gasteiger partial charge in [0.15, 0.2) is 11.5 Å². The van der Waals surface area contributed by atoms with Gasteiger partial charge in [0, 0.05) is 24.4 Å². The maximum Gasteiger partial charge on any atom is 0.269 e. The standard InChI is InChI=1S/C17H19BrN2O4/c1-11(2)24-17-15(18)8-12(9-16(17)23-3)10-19-13-4-6-14(7-5-13)20(21)22/h4-9,11,19H,10H2,1-3H3. The van der Waals surface area contributed by atoms with Crippen LogP contribution in [0.25, 0.3) is 0 Å². The van der Waals surface area contributed by atoms with Crippen LogP contribution in [0.1, 0.15) is 19.4 Å². The molecule has 0 aromatic heterocycles. The highest BCUT2D eigenvalue weighted by molar-refractivity contribution is 9.10. The number of benzene rings is 2. The van der Waals surface area contributed by atoms with Crippen molar-refractivity contribution in [2.24, 2.45) is 0 Å². The van der Waals surface area contributed by atoms with E-state index in [1.165, 1.54) is 12.1 Å². The smallest absolute Gasteiger partial charge is 0.269 e. The van der Waals surface area contributed by atoms with Gasteiger partial charge >= 0.3 is 0 Å². The molecule has 0 spiro atoms. The first-order valence-electron chi connectivity index (χ1n) is 7.42. The Bertz CT molecular complexity index is 717. The van der Waals surface area contributed by atoms with E-state index < -0.39 is 4.92 Å². The Balaban J connectivity index is 2.12. The lowest BCUT2D eigenvalue weighted by atomic mass is 10.2. The Morgan fingerprint density at radius 3 is 2.46 bits per heavy atom. The summed E-state index contributed by atoms with van der Waals surface area (Å²) in [4.78, 5) is 10.2. The lowest BCUT2D eigenvalue weighted by Gasteiger charge is -2.17. The van der Waals surface area contributed by atoms with E-state index in [-0.39, 0.29) is 11.8 Å². The third kappa shape index (κ3) is 4.61. The van der Waals surface area contributed by atoms with Gasteiger partial charge in [0.05, 0.1) is 22.6 Å². The van der Waals surface area contributed by atoms with Crippen LogP contribution < -0.4 is 14.8 Å². The van der Waals surface area contributed by atoms with Gasteiger partial charge in [-0.1, -0.05) is 0 Å². The SMILES string of the molecule is COc1cc(CNc2ccc([N+](=O)[O-])cc2)cc(Br)c1OC(C)C. The molecule has 0 aliphatic heterocycles. The van der Waals surface area contributed by atoms with Crippen LogP contribution in [0.4, 0.5) is 11.4 Å². The fourth-order valence-electron chi connectivity index (χ4n) is 2.13. The van der Waals surface area contributed by atoms with Crippen LogP contribution in [0.2, 0.25) is 0 Å². The predicted molar refractivity (Wildman–Crippen MR) is 96.9 cm³/mol. The van der Waals surface area contributed by atoms with E-state index in [1.807, 2.05) is 26.0 Å². The Hall–Kier alpha value is -2.28. The van der Waals surface area contributed by atoms with Crippen LogP contribution in [0.5, 0.6) is 11.5 Å². The van der Waals surface area contributed by atoms with Crippen molar-refractivity contribution in [3.05, 3.63) is 56.5 Å². The quantitative estimate of drug-likeness (QED) is 0.540. The molecule has 0 atom stereocenters. The molecule has 2 rings (SSSR count). The molecule has 0 fully saturated rings. The van der Waals surface area contributed by atoms with Gasteiger partial charge in [0.1, 0.15) is 0 Å². The number of rotatable bonds is 7. The van der Waals surface area contributed by atoms with Gasteiger partial charge < -0.3 is 14.8 Å². The van der Waals surface area contributed by atoms with Gasteiger partial charge in [-0.3, -0.25) is 10.1 Å². The predicted octanol–water partition coefficient (Wildman–Crippen LogP) is 4.77. The molecule has 0 saturated carbocycles. The number of hydrogen-bond donors (Lipinski definition) is 1. The largest absolute Gasteiger partial charge is 0.493 e. The van der Waals surface area contributed by atoms with E-state index in [0.717, 1.165) is 15.7 Å². The van der Waals surface area contributed by atoms with Crippen LogP contribution in [-0.2, 0) is 6.54 Å². The van der Waals surface area contributed by atoms with Crippen molar-refractivity contribution in [2.75, 3.05) is 12.4 Å². The maximum atomic E-state index is 10.7. The molecule has 0 aliphatic rings. The van der Waals surface area contributed by atoms with Crippen molar-refractivity contribution in [3.8, 4) is 11.5 Å². The monoisotopic (exact) mass is 394 g/mol. The number of nitro groups is 1. The van der Waals surface area contributed by atoms with E-state index in [1.54, 1.807) is 19.2 Å². The molecular weight excluding hydrogens is 376 g/mol. The topological polar surface area (TPSA) is 73.6 Å². The molecule has 128 valence electrons. The van der Waals surface area contributed by atoms with E-state index in [9.17, 15) is 10.1 Å². The molecular formula is C17H19BrN2O4. The van der Waals surface area contributed by atoms with Crippen LogP contribution in [0.3, 0.4) is 0 Å². The summed E-state index contributed by atoms with van der Waals surface area (Å²) in [6, 6.07) is 10.2. The van der Waals surface area contributed by atoms with Crippen LogP contribution >= 0.6 is 15.9 Å². The van der Waals surface area contributed by atoms with E-state index >= 15 is 0 Å². The first kappa shape index (κ1) is 18.1. The highest BCUT2D eigenvalue weighted by Gasteiger charge is 2.13. The summed E-state index contributed by atoms with van der Waals surface area (Å²) in [5, 5.41) is 13.9. The molecule has 0 aliphatic carbocycles. The molecule has 6 nitrogen and oxygen atoms in total. The lowest BCUT2D eigenvalue weighted by molar-refractivity contribution is -0.384. The van der Waals surface area contributed by atoms with Crippen LogP contribution in [0.15, 0.2) is 40.9 Å². The Kier molecular flexibility index (Phi) is 6.03. The zero-order valence-corrected chi connectivity index (χ0v) is 15.3. The fourth-order valence-corrected chi connectivity index (χ4v) is 2.71. The first-order valence-corrected chi connectivity index (χ1v) is 8.21. The van der Waals surface area contributed by atoms with Crippen molar-refractivity contribution in [1.82, 2.24) is 0 Å². The minimum Gasteiger partial charge on any atom is -0.493 e. The van der Waals surface area contributed by atoms with Crippen molar-refractivity contribution in [2.45, 2.75) is 26.5 Å². The first-order chi connectivity index (χ1) is 11.4. The third-order valence-corrected chi connectivity index (χ3v) is 3.81. The van der Waals surface area contributed by atoms with Crippen molar-refractivity contribution < 1.29 is 14.4 Å². The molecule has 2 aromatic rings. The molecule has 1 N–H and O–H groups in total. The molecule has 0 amide bonds. The number of methoxy groups -OCH3 is 1. The van der Waals surface area contributed by atoms with E-state index in [2.05, 4.69) is 21.2 Å². The Labute approximate surface area is 149 Å². The fraction of sp³-hybridized carbons (Fsp3) is 0.294. The number of hydrogen-bond acceptors (Lipinski definition) is 5. The number of halogens is 1. The van der Waals surface area contributed by atoms with Gasteiger partial charge in [-0.15, -0.1) is 0 Å². The molecule has 0 unspecified atom stereocenters. The second-order valence-electron chi connectivity index (χ2n) is 5.43. The molecule has 0 heterocycles. The molecule has 0 radical (unpaired) electrons. The number of nitrogens with zero attached hydrogens (tertiary/aromatic N) is 1. The molecule has 0 bridgehead atoms. The molecule has 2 aromatic carbocycles. The second kappa shape index (κ2) is 8.01. The van der Waals surface area contributed by atoms with Crippen molar-refractivity contribution in [1.29, 1.82) is 0 Å². The number of ether oxygens (including phenoxy) is 2. The highest BCUT2D eigenvalue weighted by Crippen LogP contribution is 2.37. The van der Waals surface area contributed by atoms with E-state index in [4.69, 9.17) is 9.47 Å². The van der Waals surface area contributed by atoms with Gasteiger partial charge in [-0.2, -0.15) is 0 Å². The molecule has 0 saturated heterocycles. The normalized spacial score (nSPS) is 10.5. The van der Waals surface area contributed by atoms with Crippen LogP contribution in [-0.4, -0.2) is 18.1 Å². The maximum absolute atomic E-state index is 10.7.